The van der Waals surface area contributed by atoms with Gasteiger partial charge in [0.1, 0.15) is 5.82 Å². The largest absolute Gasteiger partial charge is 0.382 e. The number of aromatic nitrogens is 3. The minimum Gasteiger partial charge on any atom is -0.382 e. The van der Waals surface area contributed by atoms with Crippen molar-refractivity contribution in [3.8, 4) is 0 Å². The summed E-state index contributed by atoms with van der Waals surface area (Å²) in [7, 11) is 0. The molecule has 52 valence electrons. The van der Waals surface area contributed by atoms with Gasteiger partial charge in [-0.15, -0.1) is 0 Å². The third kappa shape index (κ3) is 0.561. The van der Waals surface area contributed by atoms with Crippen LogP contribution < -0.4 is 10.6 Å². The average Bonchev–Trinajstić information content (AvgIpc) is 2.35. The van der Waals surface area contributed by atoms with Crippen molar-refractivity contribution < 1.29 is 0 Å². The maximum Gasteiger partial charge on any atom is 0.322 e. The minimum atomic E-state index is -0.144. The molecule has 0 radical (unpaired) electrons. The molecule has 6 heteroatoms. The lowest BCUT2D eigenvalue weighted by atomic mass is 10.8. The number of nitrogens with two attached hydrogens (primary N) is 1. The van der Waals surface area contributed by atoms with Crippen molar-refractivity contribution in [3.05, 3.63) is 15.9 Å². The fraction of sp³-hybridized carbons (Fsp3) is 0. The van der Waals surface area contributed by atoms with E-state index in [-0.39, 0.29) is 4.87 Å². The van der Waals surface area contributed by atoms with Crippen LogP contribution in [0.3, 0.4) is 0 Å². The van der Waals surface area contributed by atoms with E-state index in [0.29, 0.717) is 10.8 Å². The van der Waals surface area contributed by atoms with Gasteiger partial charge in [-0.1, -0.05) is 0 Å². The molecule has 2 aromatic heterocycles. The summed E-state index contributed by atoms with van der Waals surface area (Å²) in [5.41, 5.74) is 5.43. The highest BCUT2D eigenvalue weighted by Gasteiger charge is 2.01. The molecule has 0 saturated heterocycles. The Hall–Kier alpha value is -1.30. The summed E-state index contributed by atoms with van der Waals surface area (Å²) in [5, 5.41) is 2.50. The lowest BCUT2D eigenvalue weighted by Gasteiger charge is -1.82. The molecule has 2 heterocycles. The van der Waals surface area contributed by atoms with Crippen molar-refractivity contribution in [3.63, 3.8) is 0 Å². The van der Waals surface area contributed by atoms with Gasteiger partial charge in [0.2, 0.25) is 4.96 Å². The van der Waals surface area contributed by atoms with Crippen LogP contribution in [0.1, 0.15) is 0 Å². The summed E-state index contributed by atoms with van der Waals surface area (Å²) >= 11 is 1.03. The van der Waals surface area contributed by atoms with Gasteiger partial charge in [-0.05, 0) is 11.3 Å². The second kappa shape index (κ2) is 1.60. The van der Waals surface area contributed by atoms with Crippen LogP contribution in [0, 0.1) is 0 Å². The maximum absolute atomic E-state index is 10.6. The van der Waals surface area contributed by atoms with E-state index in [1.807, 2.05) is 0 Å². The highest BCUT2D eigenvalue weighted by molar-refractivity contribution is 7.14. The molecule has 0 unspecified atom stereocenters. The zero-order valence-electron chi connectivity index (χ0n) is 4.87. The summed E-state index contributed by atoms with van der Waals surface area (Å²) in [4.78, 5) is 15.0. The topological polar surface area (TPSA) is 76.2 Å². The van der Waals surface area contributed by atoms with E-state index >= 15 is 0 Å². The first-order chi connectivity index (χ1) is 4.77. The molecule has 10 heavy (non-hydrogen) atoms. The van der Waals surface area contributed by atoms with Crippen LogP contribution in [0.4, 0.5) is 5.82 Å². The average molecular weight is 156 g/mol. The van der Waals surface area contributed by atoms with Crippen LogP contribution in [0.5, 0.6) is 0 Å². The number of hydrogen-bond donors (Lipinski definition) is 2. The Labute approximate surface area is 59.1 Å². The van der Waals surface area contributed by atoms with Crippen LogP contribution >= 0.6 is 11.3 Å². The highest BCUT2D eigenvalue weighted by Crippen LogP contribution is 2.06. The number of nitrogen functional groups attached to an aromatic ring is 1. The summed E-state index contributed by atoms with van der Waals surface area (Å²) in [6.45, 7) is 0. The fourth-order valence-corrected chi connectivity index (χ4v) is 1.38. The Bertz CT molecular complexity index is 410. The molecule has 2 rings (SSSR count). The quantitative estimate of drug-likeness (QED) is 0.548. The third-order valence-electron chi connectivity index (χ3n) is 1.14. The van der Waals surface area contributed by atoms with E-state index in [1.165, 1.54) is 10.7 Å². The Morgan fingerprint density at radius 3 is 3.30 bits per heavy atom. The van der Waals surface area contributed by atoms with Crippen LogP contribution in [0.25, 0.3) is 4.96 Å². The summed E-state index contributed by atoms with van der Waals surface area (Å²) in [6, 6.07) is 0. The van der Waals surface area contributed by atoms with Crippen LogP contribution in [-0.4, -0.2) is 14.6 Å². The molecule has 2 aromatic rings. The molecule has 5 nitrogen and oxygen atoms in total. The second-order valence-electron chi connectivity index (χ2n) is 1.80. The second-order valence-corrected chi connectivity index (χ2v) is 2.74. The normalized spacial score (nSPS) is 10.8. The van der Waals surface area contributed by atoms with Crippen LogP contribution in [0.2, 0.25) is 0 Å². The molecule has 3 N–H and O–H groups in total. The molecule has 0 aliphatic carbocycles. The number of rotatable bonds is 0. The number of nitrogens with zero attached hydrogens (tertiary/aromatic N) is 2. The lowest BCUT2D eigenvalue weighted by molar-refractivity contribution is 0.960. The predicted octanol–water partition coefficient (Wildman–Crippen LogP) is -0.334. The number of hydrogen-bond acceptors (Lipinski definition) is 4. The first-order valence-electron chi connectivity index (χ1n) is 2.59. The van der Waals surface area contributed by atoms with Crippen LogP contribution in [-0.2, 0) is 0 Å². The zero-order valence-corrected chi connectivity index (χ0v) is 5.68. The molecule has 0 aliphatic heterocycles. The van der Waals surface area contributed by atoms with E-state index in [4.69, 9.17) is 5.73 Å². The van der Waals surface area contributed by atoms with Crippen molar-refractivity contribution in [1.29, 1.82) is 0 Å². The number of anilines is 1. The molecule has 0 fully saturated rings. The van der Waals surface area contributed by atoms with E-state index < -0.39 is 0 Å². The lowest BCUT2D eigenvalue weighted by Crippen LogP contribution is -1.99. The monoisotopic (exact) mass is 156 g/mol. The van der Waals surface area contributed by atoms with E-state index in [1.54, 1.807) is 0 Å². The van der Waals surface area contributed by atoms with Gasteiger partial charge in [0.15, 0.2) is 0 Å². The number of imidazole rings is 1. The van der Waals surface area contributed by atoms with Gasteiger partial charge >= 0.3 is 4.87 Å². The van der Waals surface area contributed by atoms with Gasteiger partial charge in [0.25, 0.3) is 0 Å². The Morgan fingerprint density at radius 1 is 1.80 bits per heavy atom. The van der Waals surface area contributed by atoms with Crippen molar-refractivity contribution in [2.75, 3.05) is 5.73 Å². The summed E-state index contributed by atoms with van der Waals surface area (Å²) in [5.74, 6) is 0.452. The van der Waals surface area contributed by atoms with Crippen LogP contribution in [0.15, 0.2) is 11.0 Å². The number of H-pyrrole nitrogens is 1. The molecule has 0 spiro atoms. The Morgan fingerprint density at radius 2 is 2.60 bits per heavy atom. The zero-order chi connectivity index (χ0) is 7.14. The molecule has 0 amide bonds. The van der Waals surface area contributed by atoms with Crippen molar-refractivity contribution in [2.24, 2.45) is 0 Å². The SMILES string of the molecule is Nc1cnc2sc(=O)[nH]n12. The summed E-state index contributed by atoms with van der Waals surface area (Å²) in [6.07, 6.45) is 1.50. The summed E-state index contributed by atoms with van der Waals surface area (Å²) < 4.78 is 1.45. The molecular formula is C4H4N4OS. The van der Waals surface area contributed by atoms with Gasteiger partial charge in [-0.25, -0.2) is 14.6 Å². The number of fused-ring (bicyclic) bond motifs is 1. The Kier molecular flexibility index (Phi) is 0.877. The van der Waals surface area contributed by atoms with Gasteiger partial charge < -0.3 is 5.73 Å². The standard InChI is InChI=1S/C4H4N4OS/c5-2-1-6-3-8(2)7-4(9)10-3/h1H,5H2,(H,7,9). The van der Waals surface area contributed by atoms with Crippen molar-refractivity contribution in [2.45, 2.75) is 0 Å². The predicted molar refractivity (Wildman–Crippen MR) is 38.1 cm³/mol. The smallest absolute Gasteiger partial charge is 0.322 e. The molecular weight excluding hydrogens is 152 g/mol. The van der Waals surface area contributed by atoms with E-state index in [0.717, 1.165) is 11.3 Å². The third-order valence-corrected chi connectivity index (χ3v) is 1.89. The Balaban J connectivity index is 3.03. The van der Waals surface area contributed by atoms with Gasteiger partial charge in [0, 0.05) is 0 Å². The number of aromatic amines is 1. The first kappa shape index (κ1) is 5.48. The van der Waals surface area contributed by atoms with Crippen molar-refractivity contribution >= 4 is 22.1 Å². The molecule has 0 aliphatic rings. The van der Waals surface area contributed by atoms with Gasteiger partial charge in [0.05, 0.1) is 6.20 Å². The van der Waals surface area contributed by atoms with Crippen molar-refractivity contribution in [1.82, 2.24) is 14.6 Å². The molecule has 0 saturated carbocycles. The minimum absolute atomic E-state index is 0.144. The maximum atomic E-state index is 10.6. The fourth-order valence-electron chi connectivity index (χ4n) is 0.729. The number of nitrogens with one attached hydrogen (secondary N) is 1. The van der Waals surface area contributed by atoms with Gasteiger partial charge in [-0.2, -0.15) is 0 Å². The highest BCUT2D eigenvalue weighted by atomic mass is 32.1. The van der Waals surface area contributed by atoms with E-state index in [9.17, 15) is 4.79 Å². The molecule has 0 aromatic carbocycles. The first-order valence-corrected chi connectivity index (χ1v) is 3.41. The molecule has 0 atom stereocenters. The van der Waals surface area contributed by atoms with E-state index in [2.05, 4.69) is 10.1 Å². The molecule has 0 bridgehead atoms. The van der Waals surface area contributed by atoms with Gasteiger partial charge in [-0.3, -0.25) is 4.79 Å².